The summed E-state index contributed by atoms with van der Waals surface area (Å²) >= 11 is 0. The molecule has 3 atom stereocenters. The van der Waals surface area contributed by atoms with Crippen molar-refractivity contribution in [2.75, 3.05) is 48.9 Å². The van der Waals surface area contributed by atoms with Crippen LogP contribution in [0.2, 0.25) is 0 Å². The molecule has 0 saturated heterocycles. The van der Waals surface area contributed by atoms with Crippen LogP contribution < -0.4 is 40.2 Å². The molecule has 0 fully saturated rings. The van der Waals surface area contributed by atoms with Crippen molar-refractivity contribution in [3.63, 3.8) is 0 Å². The normalized spacial score (nSPS) is 12.6. The summed E-state index contributed by atoms with van der Waals surface area (Å²) in [7, 11) is -9.39. The van der Waals surface area contributed by atoms with Gasteiger partial charge in [-0.1, -0.05) is 12.1 Å². The second kappa shape index (κ2) is 26.6. The van der Waals surface area contributed by atoms with Gasteiger partial charge >= 0.3 is 46.0 Å². The van der Waals surface area contributed by atoms with Crippen molar-refractivity contribution in [2.24, 2.45) is 0 Å². The number of esters is 2. The molecule has 27 heteroatoms. The van der Waals surface area contributed by atoms with Gasteiger partial charge in [0.1, 0.15) is 28.8 Å². The van der Waals surface area contributed by atoms with Gasteiger partial charge in [0.05, 0.1) is 49.5 Å². The molecule has 0 heterocycles. The maximum absolute atomic E-state index is 13.6. The Morgan fingerprint density at radius 2 is 1.01 bits per heavy atom. The highest BCUT2D eigenvalue weighted by atomic mass is 35.5. The number of hydrogen-bond donors (Lipinski definition) is 9. The van der Waals surface area contributed by atoms with Crippen LogP contribution in [0.15, 0.2) is 97.1 Å². The lowest BCUT2D eigenvalue weighted by molar-refractivity contribution is -0.145. The third kappa shape index (κ3) is 18.3. The molecule has 0 aromatic heterocycles. The third-order valence-electron chi connectivity index (χ3n) is 9.23. The summed E-state index contributed by atoms with van der Waals surface area (Å²) in [6, 6.07) is 18.1. The topological polar surface area (TPSA) is 380 Å². The first kappa shape index (κ1) is 56.4. The number of rotatable bonds is 29. The van der Waals surface area contributed by atoms with E-state index in [1.807, 2.05) is 9.44 Å². The Hall–Kier alpha value is -6.91. The number of nitrogen functional groups attached to an aromatic ring is 2. The molecular weight excluding hydrogens is 976 g/mol. The molecule has 11 N–H and O–H groups in total. The first-order valence-corrected chi connectivity index (χ1v) is 23.1. The molecule has 0 aliphatic carbocycles. The highest BCUT2D eigenvalue weighted by Gasteiger charge is 2.34. The number of nitrogens with one attached hydrogen (secondary N) is 3. The number of anilines is 3. The van der Waals surface area contributed by atoms with Gasteiger partial charge in [-0.25, -0.2) is 23.4 Å². The van der Waals surface area contributed by atoms with Gasteiger partial charge < -0.3 is 50.8 Å². The maximum atomic E-state index is 13.6. The van der Waals surface area contributed by atoms with Crippen molar-refractivity contribution in [3.8, 4) is 11.5 Å². The number of carboxylic acid groups (broad SMARTS) is 4. The van der Waals surface area contributed by atoms with Gasteiger partial charge in [-0.3, -0.25) is 19.2 Å². The van der Waals surface area contributed by atoms with E-state index in [0.717, 1.165) is 0 Å². The van der Waals surface area contributed by atoms with Gasteiger partial charge in [-0.05, 0) is 103 Å². The quantitative estimate of drug-likeness (QED) is 0.0124. The van der Waals surface area contributed by atoms with Crippen LogP contribution in [0.3, 0.4) is 0 Å². The average molecular weight is 1030 g/mol. The van der Waals surface area contributed by atoms with Gasteiger partial charge in [0.2, 0.25) is 10.0 Å². The van der Waals surface area contributed by atoms with E-state index in [0.29, 0.717) is 15.8 Å². The number of nitrogens with zero attached hydrogens (tertiary/aromatic N) is 1. The van der Waals surface area contributed by atoms with Crippen LogP contribution in [-0.4, -0.2) is 118 Å². The van der Waals surface area contributed by atoms with E-state index < -0.39 is 86.2 Å². The molecular formula is C42H49ClN6O18S2. The van der Waals surface area contributed by atoms with E-state index >= 15 is 0 Å². The molecule has 0 saturated carbocycles. The van der Waals surface area contributed by atoms with Gasteiger partial charge in [0.15, 0.2) is 0 Å². The fourth-order valence-corrected chi connectivity index (χ4v) is 8.97. The van der Waals surface area contributed by atoms with Gasteiger partial charge in [-0.2, -0.15) is 22.3 Å². The van der Waals surface area contributed by atoms with Crippen molar-refractivity contribution >= 4 is 85.5 Å². The molecule has 4 rings (SSSR count). The zero-order chi connectivity index (χ0) is 50.0. The Labute approximate surface area is 401 Å². The number of carboxylic acids is 4. The molecule has 4 aromatic rings. The van der Waals surface area contributed by atoms with Crippen LogP contribution in [0.25, 0.3) is 0 Å². The molecule has 0 aliphatic rings. The maximum Gasteiger partial charge on any atom is 0.343 e. The minimum Gasteiger partial charge on any atom is -0.481 e. The third-order valence-corrected chi connectivity index (χ3v) is 12.5. The molecule has 4 aromatic carbocycles. The number of carbonyl (C=O) groups is 6. The fourth-order valence-electron chi connectivity index (χ4n) is 5.92. The van der Waals surface area contributed by atoms with Crippen molar-refractivity contribution in [1.82, 2.24) is 14.9 Å². The molecule has 0 radical (unpaired) electrons. The highest BCUT2D eigenvalue weighted by Crippen LogP contribution is 2.30. The van der Waals surface area contributed by atoms with E-state index in [1.54, 1.807) is 0 Å². The summed E-state index contributed by atoms with van der Waals surface area (Å²) < 4.78 is 80.1. The number of sulfonamides is 1. The largest absolute Gasteiger partial charge is 0.481 e. The zero-order valence-corrected chi connectivity index (χ0v) is 38.6. The Bertz CT molecular complexity index is 2430. The number of carbonyl (C=O) groups excluding carboxylic acids is 2. The first-order chi connectivity index (χ1) is 32.1. The molecule has 69 heavy (non-hydrogen) atoms. The van der Waals surface area contributed by atoms with Gasteiger partial charge in [0, 0.05) is 24.5 Å². The van der Waals surface area contributed by atoms with E-state index in [-0.39, 0.29) is 92.1 Å². The molecule has 0 bridgehead atoms. The number of hydrazine groups is 1. The molecule has 0 aliphatic heterocycles. The Kier molecular flexibility index (Phi) is 21.7. The number of hydrogen-bond acceptors (Lipinski definition) is 17. The summed E-state index contributed by atoms with van der Waals surface area (Å²) in [4.78, 5) is 71.1. The molecule has 1 unspecified atom stereocenters. The summed E-state index contributed by atoms with van der Waals surface area (Å²) in [5.41, 5.74) is 15.1. The van der Waals surface area contributed by atoms with Crippen LogP contribution in [0.1, 0.15) is 57.2 Å². The van der Waals surface area contributed by atoms with Crippen molar-refractivity contribution < 1.29 is 85.0 Å². The summed E-state index contributed by atoms with van der Waals surface area (Å²) in [6.07, 6.45) is -2.20. The Morgan fingerprint density at radius 1 is 0.580 bits per heavy atom. The molecule has 24 nitrogen and oxygen atoms in total. The molecule has 374 valence electrons. The predicted molar refractivity (Wildman–Crippen MR) is 247 cm³/mol. The summed E-state index contributed by atoms with van der Waals surface area (Å²) in [6.45, 7) is -0.527. The minimum absolute atomic E-state index is 0. The molecule has 0 spiro atoms. The lowest BCUT2D eigenvalue weighted by atomic mass is 10.1. The van der Waals surface area contributed by atoms with Crippen LogP contribution in [0.4, 0.5) is 17.1 Å². The zero-order valence-electron chi connectivity index (χ0n) is 36.2. The number of aliphatic carboxylic acids is 4. The van der Waals surface area contributed by atoms with E-state index in [9.17, 15) is 55.8 Å². The van der Waals surface area contributed by atoms with Crippen molar-refractivity contribution in [1.29, 1.82) is 0 Å². The average Bonchev–Trinajstić information content (AvgIpc) is 3.27. The Morgan fingerprint density at radius 3 is 1.46 bits per heavy atom. The SMILES string of the molecule is Cl.Nc1ccc(C(=O)Oc2ccc(C(CCCOCCOCCNN(c3ccc(OC(=O)c4ccc(N)cc4)cc3)S(=O)(=O)N[C@@H](CC(=O)O)C(=O)O)S(=O)(=O)N[C@@H](CC(=O)O)C(=O)O)cc2)cc1. The highest BCUT2D eigenvalue weighted by molar-refractivity contribution is 7.90. The van der Waals surface area contributed by atoms with E-state index in [2.05, 4.69) is 5.43 Å². The Balaban J connectivity index is 0.0000126. The van der Waals surface area contributed by atoms with Crippen LogP contribution in [0.5, 0.6) is 11.5 Å². The smallest absolute Gasteiger partial charge is 0.343 e. The van der Waals surface area contributed by atoms with Gasteiger partial charge in [0.25, 0.3) is 0 Å². The lowest BCUT2D eigenvalue weighted by Gasteiger charge is -2.26. The minimum atomic E-state index is -4.83. The fraction of sp³-hybridized carbons (Fsp3) is 0.286. The van der Waals surface area contributed by atoms with Crippen LogP contribution in [-0.2, 0) is 48.9 Å². The standard InChI is InChI=1S/C42H48N6O18S2.ClH/c43-29-9-3-27(4-10-29)41(57)65-32-15-7-26(8-16-32)36(67(59,60)46-34(39(53)54)24-37(49)50)2-1-20-63-22-23-64-21-19-45-48(68(61,62)47-35(40(55)56)25-38(51)52)31-13-17-33(18-14-31)66-42(58)28-5-11-30(44)12-6-28;/h3-18,34-36,45-47H,1-2,19-25,43-44H2,(H,49,50)(H,51,52)(H,53,54)(H,55,56);1H/t34-,35-,36?;/m0./s1. The van der Waals surface area contributed by atoms with Crippen molar-refractivity contribution in [3.05, 3.63) is 114 Å². The first-order valence-electron chi connectivity index (χ1n) is 20.1. The number of nitrogens with two attached hydrogens (primary N) is 2. The molecule has 0 amide bonds. The second-order valence-corrected chi connectivity index (χ2v) is 17.8. The number of ether oxygens (including phenoxy) is 4. The number of halogens is 1. The second-order valence-electron chi connectivity index (χ2n) is 14.4. The number of benzene rings is 4. The lowest BCUT2D eigenvalue weighted by Crippen LogP contribution is -2.54. The summed E-state index contributed by atoms with van der Waals surface area (Å²) in [5, 5.41) is 35.9. The van der Waals surface area contributed by atoms with Crippen molar-refractivity contribution in [2.45, 2.75) is 43.0 Å². The summed E-state index contributed by atoms with van der Waals surface area (Å²) in [5.74, 6) is -8.00. The van der Waals surface area contributed by atoms with Crippen LogP contribution in [0, 0.1) is 0 Å². The van der Waals surface area contributed by atoms with E-state index in [1.165, 1.54) is 97.1 Å². The van der Waals surface area contributed by atoms with Gasteiger partial charge in [-0.15, -0.1) is 12.4 Å². The monoisotopic (exact) mass is 1020 g/mol. The predicted octanol–water partition coefficient (Wildman–Crippen LogP) is 2.19. The van der Waals surface area contributed by atoms with Crippen LogP contribution >= 0.6 is 12.4 Å². The van der Waals surface area contributed by atoms with E-state index in [4.69, 9.17) is 40.6 Å².